The summed E-state index contributed by atoms with van der Waals surface area (Å²) in [5.41, 5.74) is 0. The Bertz CT molecular complexity index is 329. The van der Waals surface area contributed by atoms with Crippen LogP contribution in [0.4, 0.5) is 0 Å². The topological polar surface area (TPSA) is 40.5 Å². The zero-order valence-corrected chi connectivity index (χ0v) is 13.3. The van der Waals surface area contributed by atoms with Gasteiger partial charge in [-0.2, -0.15) is 0 Å². The SMILES string of the molecule is CC1CCC(C(C)C)C(N2CCCC(CC(=O)O)C2)C1. The Morgan fingerprint density at radius 1 is 1.30 bits per heavy atom. The molecule has 0 spiro atoms. The van der Waals surface area contributed by atoms with Crippen molar-refractivity contribution >= 4 is 5.97 Å². The molecule has 0 aromatic carbocycles. The van der Waals surface area contributed by atoms with Gasteiger partial charge in [0.15, 0.2) is 0 Å². The minimum absolute atomic E-state index is 0.352. The lowest BCUT2D eigenvalue weighted by Gasteiger charge is -2.46. The first kappa shape index (κ1) is 15.8. The third-order valence-electron chi connectivity index (χ3n) is 5.47. The van der Waals surface area contributed by atoms with Crippen molar-refractivity contribution in [3.63, 3.8) is 0 Å². The van der Waals surface area contributed by atoms with Crippen molar-refractivity contribution in [2.45, 2.75) is 65.3 Å². The fraction of sp³-hybridized carbons (Fsp3) is 0.941. The second kappa shape index (κ2) is 6.93. The van der Waals surface area contributed by atoms with Gasteiger partial charge in [0.1, 0.15) is 0 Å². The quantitative estimate of drug-likeness (QED) is 0.855. The van der Waals surface area contributed by atoms with Crippen molar-refractivity contribution in [2.75, 3.05) is 13.1 Å². The maximum absolute atomic E-state index is 11.0. The van der Waals surface area contributed by atoms with E-state index in [2.05, 4.69) is 25.7 Å². The van der Waals surface area contributed by atoms with Crippen LogP contribution in [0.1, 0.15) is 59.3 Å². The Morgan fingerprint density at radius 2 is 2.05 bits per heavy atom. The molecule has 2 fully saturated rings. The van der Waals surface area contributed by atoms with E-state index < -0.39 is 5.97 Å². The van der Waals surface area contributed by atoms with Gasteiger partial charge in [0, 0.05) is 19.0 Å². The van der Waals surface area contributed by atoms with Gasteiger partial charge >= 0.3 is 5.97 Å². The Labute approximate surface area is 123 Å². The summed E-state index contributed by atoms with van der Waals surface area (Å²) in [5.74, 6) is 2.11. The molecule has 2 aliphatic rings. The number of nitrogens with zero attached hydrogens (tertiary/aromatic N) is 1. The molecule has 4 unspecified atom stereocenters. The van der Waals surface area contributed by atoms with E-state index in [-0.39, 0.29) is 0 Å². The highest BCUT2D eigenvalue weighted by Gasteiger charge is 2.36. The summed E-state index contributed by atoms with van der Waals surface area (Å²) in [6.45, 7) is 9.27. The zero-order chi connectivity index (χ0) is 14.7. The molecule has 3 heteroatoms. The Morgan fingerprint density at radius 3 is 2.70 bits per heavy atom. The van der Waals surface area contributed by atoms with Crippen LogP contribution in [0.5, 0.6) is 0 Å². The molecule has 4 atom stereocenters. The molecular formula is C17H31NO2. The minimum Gasteiger partial charge on any atom is -0.481 e. The van der Waals surface area contributed by atoms with Crippen molar-refractivity contribution in [1.29, 1.82) is 0 Å². The van der Waals surface area contributed by atoms with Gasteiger partial charge in [-0.3, -0.25) is 9.69 Å². The van der Waals surface area contributed by atoms with Crippen LogP contribution in [0.3, 0.4) is 0 Å². The summed E-state index contributed by atoms with van der Waals surface area (Å²) in [6.07, 6.45) is 6.65. The van der Waals surface area contributed by atoms with Crippen LogP contribution in [0.25, 0.3) is 0 Å². The highest BCUT2D eigenvalue weighted by molar-refractivity contribution is 5.67. The lowest BCUT2D eigenvalue weighted by Crippen LogP contribution is -2.50. The molecule has 1 aliphatic heterocycles. The van der Waals surface area contributed by atoms with Crippen molar-refractivity contribution in [3.8, 4) is 0 Å². The van der Waals surface area contributed by atoms with Gasteiger partial charge in [-0.25, -0.2) is 0 Å². The summed E-state index contributed by atoms with van der Waals surface area (Å²) >= 11 is 0. The average Bonchev–Trinajstić information content (AvgIpc) is 2.37. The average molecular weight is 281 g/mol. The zero-order valence-electron chi connectivity index (χ0n) is 13.3. The van der Waals surface area contributed by atoms with Crippen molar-refractivity contribution in [3.05, 3.63) is 0 Å². The van der Waals surface area contributed by atoms with Crippen LogP contribution in [0.15, 0.2) is 0 Å². The van der Waals surface area contributed by atoms with Gasteiger partial charge in [0.25, 0.3) is 0 Å². The first-order chi connectivity index (χ1) is 9.47. The second-order valence-corrected chi connectivity index (χ2v) is 7.49. The normalized spacial score (nSPS) is 36.2. The Kier molecular flexibility index (Phi) is 5.48. The highest BCUT2D eigenvalue weighted by Crippen LogP contribution is 2.38. The monoisotopic (exact) mass is 281 g/mol. The number of carboxylic acids is 1. The Balaban J connectivity index is 2.01. The van der Waals surface area contributed by atoms with E-state index in [4.69, 9.17) is 5.11 Å². The van der Waals surface area contributed by atoms with Crippen LogP contribution < -0.4 is 0 Å². The molecule has 116 valence electrons. The number of hydrogen-bond donors (Lipinski definition) is 1. The largest absolute Gasteiger partial charge is 0.481 e. The number of rotatable bonds is 4. The van der Waals surface area contributed by atoms with Gasteiger partial charge in [0.05, 0.1) is 0 Å². The number of carbonyl (C=O) groups is 1. The van der Waals surface area contributed by atoms with Gasteiger partial charge in [-0.05, 0) is 55.9 Å². The molecule has 0 bridgehead atoms. The van der Waals surface area contributed by atoms with E-state index >= 15 is 0 Å². The van der Waals surface area contributed by atoms with Crippen molar-refractivity contribution in [2.24, 2.45) is 23.7 Å². The smallest absolute Gasteiger partial charge is 0.303 e. The highest BCUT2D eigenvalue weighted by atomic mass is 16.4. The molecule has 20 heavy (non-hydrogen) atoms. The molecule has 1 saturated carbocycles. The third-order valence-corrected chi connectivity index (χ3v) is 5.47. The van der Waals surface area contributed by atoms with Crippen LogP contribution in [0, 0.1) is 23.7 Å². The number of carboxylic acid groups (broad SMARTS) is 1. The molecule has 1 saturated heterocycles. The van der Waals surface area contributed by atoms with E-state index in [1.165, 1.54) is 32.2 Å². The standard InChI is InChI=1S/C17H31NO2/c1-12(2)15-7-6-13(3)9-16(15)18-8-4-5-14(11-18)10-17(19)20/h12-16H,4-11H2,1-3H3,(H,19,20). The van der Waals surface area contributed by atoms with Gasteiger partial charge in [-0.1, -0.05) is 27.2 Å². The van der Waals surface area contributed by atoms with Crippen LogP contribution in [-0.2, 0) is 4.79 Å². The molecule has 3 nitrogen and oxygen atoms in total. The first-order valence-electron chi connectivity index (χ1n) is 8.43. The van der Waals surface area contributed by atoms with E-state index in [0.29, 0.717) is 18.4 Å². The summed E-state index contributed by atoms with van der Waals surface area (Å²) in [5, 5.41) is 9.03. The van der Waals surface area contributed by atoms with Gasteiger partial charge in [0.2, 0.25) is 0 Å². The van der Waals surface area contributed by atoms with E-state index in [0.717, 1.165) is 30.7 Å². The number of hydrogen-bond acceptors (Lipinski definition) is 2. The molecular weight excluding hydrogens is 250 g/mol. The molecule has 0 aromatic heterocycles. The summed E-state index contributed by atoms with van der Waals surface area (Å²) in [4.78, 5) is 13.6. The summed E-state index contributed by atoms with van der Waals surface area (Å²) < 4.78 is 0. The number of aliphatic carboxylic acids is 1. The van der Waals surface area contributed by atoms with Gasteiger partial charge < -0.3 is 5.11 Å². The lowest BCUT2D eigenvalue weighted by atomic mass is 9.72. The lowest BCUT2D eigenvalue weighted by molar-refractivity contribution is -0.138. The molecule has 1 N–H and O–H groups in total. The van der Waals surface area contributed by atoms with Crippen LogP contribution in [-0.4, -0.2) is 35.1 Å². The predicted octanol–water partition coefficient (Wildman–Crippen LogP) is 3.63. The third kappa shape index (κ3) is 3.97. The molecule has 1 heterocycles. The minimum atomic E-state index is -0.630. The molecule has 0 radical (unpaired) electrons. The van der Waals surface area contributed by atoms with E-state index in [9.17, 15) is 4.79 Å². The second-order valence-electron chi connectivity index (χ2n) is 7.49. The molecule has 0 aromatic rings. The van der Waals surface area contributed by atoms with Crippen molar-refractivity contribution in [1.82, 2.24) is 4.90 Å². The molecule has 1 aliphatic carbocycles. The predicted molar refractivity (Wildman–Crippen MR) is 81.7 cm³/mol. The fourth-order valence-corrected chi connectivity index (χ4v) is 4.38. The molecule has 2 rings (SSSR count). The fourth-order valence-electron chi connectivity index (χ4n) is 4.38. The first-order valence-corrected chi connectivity index (χ1v) is 8.43. The number of likely N-dealkylation sites (tertiary alicyclic amines) is 1. The maximum Gasteiger partial charge on any atom is 0.303 e. The van der Waals surface area contributed by atoms with Crippen molar-refractivity contribution < 1.29 is 9.90 Å². The number of piperidine rings is 1. The summed E-state index contributed by atoms with van der Waals surface area (Å²) in [6, 6.07) is 0.690. The van der Waals surface area contributed by atoms with E-state index in [1.807, 2.05) is 0 Å². The summed E-state index contributed by atoms with van der Waals surface area (Å²) in [7, 11) is 0. The molecule has 0 amide bonds. The Hall–Kier alpha value is -0.570. The van der Waals surface area contributed by atoms with Crippen LogP contribution >= 0.6 is 0 Å². The van der Waals surface area contributed by atoms with E-state index in [1.54, 1.807) is 0 Å². The van der Waals surface area contributed by atoms with Gasteiger partial charge in [-0.15, -0.1) is 0 Å². The maximum atomic E-state index is 11.0. The van der Waals surface area contributed by atoms with Crippen LogP contribution in [0.2, 0.25) is 0 Å².